The number of benzene rings is 2. The first-order valence-corrected chi connectivity index (χ1v) is 17.3. The van der Waals surface area contributed by atoms with Crippen molar-refractivity contribution in [1.82, 2.24) is 25.5 Å². The SMILES string of the molecule is CC.CC(CCC=O)N1Cc2cc(O[C@H]3CCN(CC4NC=C(c5cccc(C6CCOCC6)c5)N4C)C3)ccc2CO1.CNC=O. The fraction of sp³-hybridized carbons (Fsp3) is 0.568. The van der Waals surface area contributed by atoms with Crippen molar-refractivity contribution in [2.45, 2.75) is 90.3 Å². The van der Waals surface area contributed by atoms with Crippen molar-refractivity contribution in [3.8, 4) is 5.75 Å². The number of hydroxylamine groups is 2. The summed E-state index contributed by atoms with van der Waals surface area (Å²) in [5.74, 6) is 1.53. The Balaban J connectivity index is 0.000000776. The van der Waals surface area contributed by atoms with E-state index in [2.05, 4.69) is 83.1 Å². The van der Waals surface area contributed by atoms with Crippen molar-refractivity contribution < 1.29 is 23.9 Å². The van der Waals surface area contributed by atoms with Gasteiger partial charge in [-0.05, 0) is 79.0 Å². The second-order valence-electron chi connectivity index (χ2n) is 12.4. The predicted molar refractivity (Wildman–Crippen MR) is 185 cm³/mol. The summed E-state index contributed by atoms with van der Waals surface area (Å²) in [4.78, 5) is 30.7. The Hall–Kier alpha value is -3.44. The molecule has 0 radical (unpaired) electrons. The Bertz CT molecular complexity index is 1300. The number of amides is 1. The van der Waals surface area contributed by atoms with Crippen LogP contribution in [0.2, 0.25) is 0 Å². The van der Waals surface area contributed by atoms with Crippen LogP contribution in [0.1, 0.15) is 81.0 Å². The smallest absolute Gasteiger partial charge is 0.206 e. The minimum absolute atomic E-state index is 0.186. The fourth-order valence-corrected chi connectivity index (χ4v) is 6.56. The summed E-state index contributed by atoms with van der Waals surface area (Å²) in [5.41, 5.74) is 6.42. The lowest BCUT2D eigenvalue weighted by atomic mass is 9.90. The largest absolute Gasteiger partial charge is 0.489 e. The molecule has 6 rings (SSSR count). The molecule has 0 saturated carbocycles. The Morgan fingerprint density at radius 3 is 2.62 bits per heavy atom. The van der Waals surface area contributed by atoms with Crippen LogP contribution >= 0.6 is 0 Å². The number of hydrogen-bond donors (Lipinski definition) is 2. The Morgan fingerprint density at radius 2 is 1.87 bits per heavy atom. The van der Waals surface area contributed by atoms with Gasteiger partial charge in [0.2, 0.25) is 6.41 Å². The van der Waals surface area contributed by atoms with E-state index in [0.29, 0.717) is 25.4 Å². The van der Waals surface area contributed by atoms with Crippen LogP contribution in [0, 0.1) is 0 Å². The Kier molecular flexibility index (Phi) is 14.5. The number of hydrogen-bond acceptors (Lipinski definition) is 9. The van der Waals surface area contributed by atoms with E-state index in [9.17, 15) is 4.79 Å². The number of carbonyl (C=O) groups is 2. The van der Waals surface area contributed by atoms with E-state index in [1.165, 1.54) is 28.0 Å². The van der Waals surface area contributed by atoms with Crippen molar-refractivity contribution in [3.63, 3.8) is 0 Å². The molecule has 4 heterocycles. The topological polar surface area (TPSA) is 95.6 Å². The second kappa shape index (κ2) is 18.8. The van der Waals surface area contributed by atoms with E-state index >= 15 is 0 Å². The zero-order chi connectivity index (χ0) is 33.6. The van der Waals surface area contributed by atoms with E-state index in [0.717, 1.165) is 77.1 Å². The molecule has 2 aromatic rings. The summed E-state index contributed by atoms with van der Waals surface area (Å²) in [6.45, 7) is 12.0. The van der Waals surface area contributed by atoms with Crippen LogP contribution in [0.15, 0.2) is 48.7 Å². The third kappa shape index (κ3) is 10.0. The molecule has 2 aromatic carbocycles. The average Bonchev–Trinajstić information content (AvgIpc) is 3.73. The van der Waals surface area contributed by atoms with Gasteiger partial charge in [-0.1, -0.05) is 38.1 Å². The number of nitrogens with zero attached hydrogens (tertiary/aromatic N) is 3. The monoisotopic (exact) mass is 649 g/mol. The molecule has 47 heavy (non-hydrogen) atoms. The molecule has 0 aromatic heterocycles. The van der Waals surface area contributed by atoms with E-state index in [4.69, 9.17) is 19.1 Å². The maximum atomic E-state index is 10.8. The molecule has 258 valence electrons. The summed E-state index contributed by atoms with van der Waals surface area (Å²) >= 11 is 0. The van der Waals surface area contributed by atoms with Gasteiger partial charge in [-0.25, -0.2) is 0 Å². The lowest BCUT2D eigenvalue weighted by Crippen LogP contribution is -2.44. The lowest BCUT2D eigenvalue weighted by molar-refractivity contribution is -0.210. The van der Waals surface area contributed by atoms with Crippen molar-refractivity contribution in [1.29, 1.82) is 0 Å². The van der Waals surface area contributed by atoms with Gasteiger partial charge in [0, 0.05) is 72.2 Å². The van der Waals surface area contributed by atoms with Gasteiger partial charge in [-0.3, -0.25) is 14.5 Å². The van der Waals surface area contributed by atoms with Crippen LogP contribution in [0.5, 0.6) is 5.75 Å². The van der Waals surface area contributed by atoms with Crippen molar-refractivity contribution in [2.24, 2.45) is 0 Å². The fourth-order valence-electron chi connectivity index (χ4n) is 6.56. The summed E-state index contributed by atoms with van der Waals surface area (Å²) < 4.78 is 12.1. The van der Waals surface area contributed by atoms with Gasteiger partial charge in [-0.15, -0.1) is 0 Å². The third-order valence-electron chi connectivity index (χ3n) is 9.30. The van der Waals surface area contributed by atoms with E-state index in [-0.39, 0.29) is 18.3 Å². The molecule has 2 saturated heterocycles. The first kappa shape index (κ1) is 36.4. The van der Waals surface area contributed by atoms with Gasteiger partial charge in [0.1, 0.15) is 24.3 Å². The van der Waals surface area contributed by atoms with Gasteiger partial charge in [0.25, 0.3) is 0 Å². The number of carbonyl (C=O) groups excluding carboxylic acids is 2. The third-order valence-corrected chi connectivity index (χ3v) is 9.30. The Morgan fingerprint density at radius 1 is 1.09 bits per heavy atom. The van der Waals surface area contributed by atoms with Crippen LogP contribution in [-0.4, -0.2) is 92.8 Å². The molecule has 2 unspecified atom stereocenters. The van der Waals surface area contributed by atoms with Gasteiger partial charge in [-0.2, -0.15) is 5.06 Å². The van der Waals surface area contributed by atoms with Crippen LogP contribution in [0.25, 0.3) is 5.70 Å². The van der Waals surface area contributed by atoms with Crippen molar-refractivity contribution >= 4 is 18.4 Å². The molecule has 2 fully saturated rings. The zero-order valence-electron chi connectivity index (χ0n) is 29.0. The number of nitrogens with one attached hydrogen (secondary N) is 2. The molecule has 10 heteroatoms. The molecule has 3 atom stereocenters. The minimum Gasteiger partial charge on any atom is -0.489 e. The van der Waals surface area contributed by atoms with Crippen LogP contribution in [0.4, 0.5) is 0 Å². The van der Waals surface area contributed by atoms with Gasteiger partial charge in [0.15, 0.2) is 0 Å². The molecule has 0 bridgehead atoms. The highest BCUT2D eigenvalue weighted by atomic mass is 16.7. The van der Waals surface area contributed by atoms with Gasteiger partial charge in [0.05, 0.1) is 12.3 Å². The van der Waals surface area contributed by atoms with Crippen LogP contribution in [-0.2, 0) is 32.3 Å². The van der Waals surface area contributed by atoms with Crippen molar-refractivity contribution in [3.05, 3.63) is 70.9 Å². The first-order valence-electron chi connectivity index (χ1n) is 17.3. The molecular weight excluding hydrogens is 594 g/mol. The minimum atomic E-state index is 0.186. The van der Waals surface area contributed by atoms with Gasteiger partial charge < -0.3 is 29.8 Å². The standard InChI is InChI=1S/C33H44N4O4.C2H5NO.C2H6/c1-24(5-4-14-38)37-20-29-18-30(9-8-28(29)23-40-37)41-31-10-13-36(21-31)22-33-34-19-32(35(33)2)27-7-3-6-26(17-27)25-11-15-39-16-12-25;1-3-2-4;1-2/h3,6-9,14,17-19,24-25,31,33-34H,4-5,10-13,15-16,20-23H2,1-2H3;2H,1H3,(H,3,4);1-2H3/t24?,31-,33?;;/m0../s1. The van der Waals surface area contributed by atoms with E-state index in [1.54, 1.807) is 7.05 Å². The number of rotatable bonds is 11. The average molecular weight is 650 g/mol. The molecule has 10 nitrogen and oxygen atoms in total. The van der Waals surface area contributed by atoms with Crippen molar-refractivity contribution in [2.75, 3.05) is 46.9 Å². The molecule has 4 aliphatic heterocycles. The number of likely N-dealkylation sites (N-methyl/N-ethyl adjacent to an activating group) is 1. The second-order valence-corrected chi connectivity index (χ2v) is 12.4. The molecule has 1 amide bonds. The molecular formula is C37H55N5O5. The summed E-state index contributed by atoms with van der Waals surface area (Å²) in [6.07, 6.45) is 8.82. The number of likely N-dealkylation sites (tertiary alicyclic amines) is 1. The quantitative estimate of drug-likeness (QED) is 0.330. The molecule has 0 aliphatic carbocycles. The molecule has 2 N–H and O–H groups in total. The lowest BCUT2D eigenvalue weighted by Gasteiger charge is -2.33. The number of aldehydes is 1. The summed E-state index contributed by atoms with van der Waals surface area (Å²) in [7, 11) is 3.76. The number of fused-ring (bicyclic) bond motifs is 1. The van der Waals surface area contributed by atoms with E-state index < -0.39 is 0 Å². The van der Waals surface area contributed by atoms with E-state index in [1.807, 2.05) is 18.9 Å². The first-order chi connectivity index (χ1) is 23.0. The predicted octanol–water partition coefficient (Wildman–Crippen LogP) is 4.90. The highest BCUT2D eigenvalue weighted by molar-refractivity contribution is 5.66. The van der Waals surface area contributed by atoms with Gasteiger partial charge >= 0.3 is 0 Å². The normalized spacial score (nSPS) is 22.0. The highest BCUT2D eigenvalue weighted by Gasteiger charge is 2.31. The summed E-state index contributed by atoms with van der Waals surface area (Å²) in [5, 5.41) is 7.88. The van der Waals surface area contributed by atoms with Crippen LogP contribution < -0.4 is 15.4 Å². The number of ether oxygens (including phenoxy) is 2. The summed E-state index contributed by atoms with van der Waals surface area (Å²) in [6, 6.07) is 15.7. The molecule has 0 spiro atoms. The van der Waals surface area contributed by atoms with Crippen LogP contribution in [0.3, 0.4) is 0 Å². The Labute approximate surface area is 281 Å². The maximum Gasteiger partial charge on any atom is 0.206 e. The zero-order valence-corrected chi connectivity index (χ0v) is 29.0. The maximum absolute atomic E-state index is 10.8. The highest BCUT2D eigenvalue weighted by Crippen LogP contribution is 2.32. The molecule has 4 aliphatic rings.